The number of hydrogen-bond donors (Lipinski definition) is 1. The standard InChI is InChI=1S/C18H17ClN4/c1-13-8-10-16(11-9-13)23-18(19)17(14(2)22-23)12-20-21-15-6-4-3-5-7-15/h3-12,21H,1-2H3. The fraction of sp³-hybridized carbons (Fsp3) is 0.111. The molecule has 0 spiro atoms. The van der Waals surface area contributed by atoms with Gasteiger partial charge in [-0.3, -0.25) is 5.43 Å². The Morgan fingerprint density at radius 3 is 2.43 bits per heavy atom. The molecule has 0 unspecified atom stereocenters. The first-order valence-electron chi connectivity index (χ1n) is 7.31. The first kappa shape index (κ1) is 15.3. The van der Waals surface area contributed by atoms with Crippen molar-refractivity contribution in [2.45, 2.75) is 13.8 Å². The number of hydrogen-bond acceptors (Lipinski definition) is 3. The third kappa shape index (κ3) is 3.43. The van der Waals surface area contributed by atoms with E-state index in [1.165, 1.54) is 5.56 Å². The van der Waals surface area contributed by atoms with Gasteiger partial charge in [0.2, 0.25) is 0 Å². The lowest BCUT2D eigenvalue weighted by molar-refractivity contribution is 0.863. The number of nitrogens with one attached hydrogen (secondary N) is 1. The zero-order valence-corrected chi connectivity index (χ0v) is 13.7. The van der Waals surface area contributed by atoms with Gasteiger partial charge in [0.05, 0.1) is 28.8 Å². The summed E-state index contributed by atoms with van der Waals surface area (Å²) in [6.45, 7) is 3.97. The molecule has 0 saturated heterocycles. The fourth-order valence-corrected chi connectivity index (χ4v) is 2.52. The molecule has 1 heterocycles. The van der Waals surface area contributed by atoms with E-state index < -0.39 is 0 Å². The van der Waals surface area contributed by atoms with Crippen LogP contribution in [0.2, 0.25) is 5.15 Å². The molecule has 0 aliphatic heterocycles. The summed E-state index contributed by atoms with van der Waals surface area (Å²) in [4.78, 5) is 0. The van der Waals surface area contributed by atoms with Crippen LogP contribution in [0.3, 0.4) is 0 Å². The molecule has 2 aromatic carbocycles. The van der Waals surface area contributed by atoms with Gasteiger partial charge in [-0.2, -0.15) is 10.2 Å². The van der Waals surface area contributed by atoms with Gasteiger partial charge < -0.3 is 0 Å². The number of aromatic nitrogens is 2. The highest BCUT2D eigenvalue weighted by atomic mass is 35.5. The summed E-state index contributed by atoms with van der Waals surface area (Å²) in [5, 5.41) is 9.29. The summed E-state index contributed by atoms with van der Waals surface area (Å²) in [6, 6.07) is 17.8. The van der Waals surface area contributed by atoms with E-state index in [0.29, 0.717) is 5.15 Å². The van der Waals surface area contributed by atoms with Crippen molar-refractivity contribution >= 4 is 23.5 Å². The number of benzene rings is 2. The molecule has 0 saturated carbocycles. The van der Waals surface area contributed by atoms with Crippen molar-refractivity contribution in [3.8, 4) is 5.69 Å². The first-order valence-corrected chi connectivity index (χ1v) is 7.69. The van der Waals surface area contributed by atoms with Crippen LogP contribution in [0.4, 0.5) is 5.69 Å². The second-order valence-corrected chi connectivity index (χ2v) is 5.63. The van der Waals surface area contributed by atoms with E-state index in [1.807, 2.05) is 68.4 Å². The molecule has 0 aliphatic rings. The molecule has 4 nitrogen and oxygen atoms in total. The van der Waals surface area contributed by atoms with E-state index in [-0.39, 0.29) is 0 Å². The van der Waals surface area contributed by atoms with Gasteiger partial charge in [-0.25, -0.2) is 4.68 Å². The maximum atomic E-state index is 6.47. The van der Waals surface area contributed by atoms with Gasteiger partial charge >= 0.3 is 0 Å². The third-order valence-corrected chi connectivity index (χ3v) is 3.85. The fourth-order valence-electron chi connectivity index (χ4n) is 2.20. The van der Waals surface area contributed by atoms with E-state index in [9.17, 15) is 0 Å². The van der Waals surface area contributed by atoms with Gasteiger partial charge in [0.15, 0.2) is 0 Å². The molecule has 116 valence electrons. The number of aryl methyl sites for hydroxylation is 2. The molecule has 0 atom stereocenters. The number of anilines is 1. The largest absolute Gasteiger partial charge is 0.279 e. The van der Waals surface area contributed by atoms with Crippen LogP contribution in [0.15, 0.2) is 59.7 Å². The lowest BCUT2D eigenvalue weighted by Gasteiger charge is -2.03. The predicted molar refractivity (Wildman–Crippen MR) is 95.7 cm³/mol. The Balaban J connectivity index is 1.84. The van der Waals surface area contributed by atoms with Gasteiger partial charge in [-0.05, 0) is 38.1 Å². The van der Waals surface area contributed by atoms with Crippen molar-refractivity contribution in [1.29, 1.82) is 0 Å². The summed E-state index contributed by atoms with van der Waals surface area (Å²) >= 11 is 6.47. The quantitative estimate of drug-likeness (QED) is 0.563. The molecule has 23 heavy (non-hydrogen) atoms. The minimum atomic E-state index is 0.546. The maximum Gasteiger partial charge on any atom is 0.142 e. The van der Waals surface area contributed by atoms with E-state index >= 15 is 0 Å². The second-order valence-electron chi connectivity index (χ2n) is 5.27. The van der Waals surface area contributed by atoms with E-state index in [1.54, 1.807) is 10.9 Å². The summed E-state index contributed by atoms with van der Waals surface area (Å²) in [7, 11) is 0. The number of hydrazone groups is 1. The summed E-state index contributed by atoms with van der Waals surface area (Å²) < 4.78 is 1.72. The summed E-state index contributed by atoms with van der Waals surface area (Å²) in [5.74, 6) is 0. The molecule has 3 rings (SSSR count). The Hall–Kier alpha value is -2.59. The number of nitrogens with zero attached hydrogens (tertiary/aromatic N) is 3. The van der Waals surface area contributed by atoms with Crippen LogP contribution in [-0.4, -0.2) is 16.0 Å². The summed E-state index contributed by atoms with van der Waals surface area (Å²) in [5.41, 5.74) is 7.65. The van der Waals surface area contributed by atoms with Crippen molar-refractivity contribution in [2.75, 3.05) is 5.43 Å². The van der Waals surface area contributed by atoms with Crippen molar-refractivity contribution < 1.29 is 0 Å². The van der Waals surface area contributed by atoms with Crippen LogP contribution in [0, 0.1) is 13.8 Å². The van der Waals surface area contributed by atoms with Gasteiger partial charge in [-0.15, -0.1) is 0 Å². The Kier molecular flexibility index (Phi) is 4.44. The van der Waals surface area contributed by atoms with Crippen molar-refractivity contribution in [3.63, 3.8) is 0 Å². The van der Waals surface area contributed by atoms with Crippen LogP contribution in [0.5, 0.6) is 0 Å². The van der Waals surface area contributed by atoms with Crippen molar-refractivity contribution in [2.24, 2.45) is 5.10 Å². The predicted octanol–water partition coefficient (Wildman–Crippen LogP) is 4.59. The van der Waals surface area contributed by atoms with E-state index in [0.717, 1.165) is 22.6 Å². The molecule has 0 radical (unpaired) electrons. The smallest absolute Gasteiger partial charge is 0.142 e. The van der Waals surface area contributed by atoms with Gasteiger partial charge in [0.25, 0.3) is 0 Å². The monoisotopic (exact) mass is 324 g/mol. The molecule has 5 heteroatoms. The SMILES string of the molecule is Cc1ccc(-n2nc(C)c(C=NNc3ccccc3)c2Cl)cc1. The normalized spacial score (nSPS) is 11.1. The molecule has 1 N–H and O–H groups in total. The Bertz CT molecular complexity index is 820. The lowest BCUT2D eigenvalue weighted by Crippen LogP contribution is -1.96. The number of para-hydroxylation sites is 1. The molecular formula is C18H17ClN4. The average molecular weight is 325 g/mol. The number of rotatable bonds is 4. The molecule has 0 aliphatic carbocycles. The van der Waals surface area contributed by atoms with Crippen LogP contribution < -0.4 is 5.43 Å². The minimum Gasteiger partial charge on any atom is -0.279 e. The third-order valence-electron chi connectivity index (χ3n) is 3.49. The zero-order valence-electron chi connectivity index (χ0n) is 13.0. The topological polar surface area (TPSA) is 42.2 Å². The molecular weight excluding hydrogens is 308 g/mol. The number of halogens is 1. The molecule has 0 amide bonds. The van der Waals surface area contributed by atoms with Crippen molar-refractivity contribution in [1.82, 2.24) is 9.78 Å². The zero-order chi connectivity index (χ0) is 16.2. The van der Waals surface area contributed by atoms with Gasteiger partial charge in [0.1, 0.15) is 5.15 Å². The Morgan fingerprint density at radius 1 is 1.04 bits per heavy atom. The van der Waals surface area contributed by atoms with Crippen LogP contribution in [0.25, 0.3) is 5.69 Å². The van der Waals surface area contributed by atoms with E-state index in [2.05, 4.69) is 15.6 Å². The minimum absolute atomic E-state index is 0.546. The highest BCUT2D eigenvalue weighted by Crippen LogP contribution is 2.22. The maximum absolute atomic E-state index is 6.47. The Labute approximate surface area is 140 Å². The molecule has 1 aromatic heterocycles. The van der Waals surface area contributed by atoms with Gasteiger partial charge in [-0.1, -0.05) is 47.5 Å². The average Bonchev–Trinajstić information content (AvgIpc) is 2.85. The van der Waals surface area contributed by atoms with Crippen LogP contribution in [-0.2, 0) is 0 Å². The second kappa shape index (κ2) is 6.67. The molecule has 0 fully saturated rings. The molecule has 0 bridgehead atoms. The highest BCUT2D eigenvalue weighted by Gasteiger charge is 2.12. The Morgan fingerprint density at radius 2 is 1.74 bits per heavy atom. The molecule has 3 aromatic rings. The van der Waals surface area contributed by atoms with Crippen molar-refractivity contribution in [3.05, 3.63) is 76.6 Å². The first-order chi connectivity index (χ1) is 11.1. The van der Waals surface area contributed by atoms with E-state index in [4.69, 9.17) is 11.6 Å². The van der Waals surface area contributed by atoms with Crippen LogP contribution in [0.1, 0.15) is 16.8 Å². The van der Waals surface area contributed by atoms with Gasteiger partial charge in [0, 0.05) is 0 Å². The summed E-state index contributed by atoms with van der Waals surface area (Å²) in [6.07, 6.45) is 1.70. The lowest BCUT2D eigenvalue weighted by atomic mass is 10.2. The van der Waals surface area contributed by atoms with Crippen LogP contribution >= 0.6 is 11.6 Å². The highest BCUT2D eigenvalue weighted by molar-refractivity contribution is 6.32.